The summed E-state index contributed by atoms with van der Waals surface area (Å²) in [5, 5.41) is 54.7. The molecule has 2 aliphatic carbocycles. The Bertz CT molecular complexity index is 1830. The van der Waals surface area contributed by atoms with E-state index in [9.17, 15) is 20.4 Å². The number of rotatable bonds is 20. The van der Waals surface area contributed by atoms with Crippen LogP contribution in [0.2, 0.25) is 0 Å². The number of hydrogen-bond donors (Lipinski definition) is 0. The highest BCUT2D eigenvalue weighted by atomic mass is 16.3. The molecule has 4 aromatic rings. The first-order valence-corrected chi connectivity index (χ1v) is 24.1. The molecular weight excluding hydrogens is 769 g/mol. The molecule has 62 heavy (non-hydrogen) atoms. The Morgan fingerprint density at radius 2 is 0.742 bits per heavy atom. The van der Waals surface area contributed by atoms with Crippen LogP contribution in [0.5, 0.6) is 0 Å². The summed E-state index contributed by atoms with van der Waals surface area (Å²) in [6.07, 6.45) is 5.40. The van der Waals surface area contributed by atoms with Crippen LogP contribution in [-0.4, -0.2) is 76.8 Å². The Kier molecular flexibility index (Phi) is 15.6. The lowest BCUT2D eigenvalue weighted by molar-refractivity contribution is -0.536. The van der Waals surface area contributed by atoms with Gasteiger partial charge in [-0.1, -0.05) is 89.8 Å². The molecule has 8 heteroatoms. The smallest absolute Gasteiger partial charge is 0.0369 e. The second-order valence-corrected chi connectivity index (χ2v) is 18.6. The Morgan fingerprint density at radius 1 is 0.435 bits per heavy atom. The Balaban J connectivity index is 0.908. The molecular formula is C54H72N4O4-4. The lowest BCUT2D eigenvalue weighted by Gasteiger charge is -2.62. The van der Waals surface area contributed by atoms with E-state index in [1.54, 1.807) is 0 Å². The fourth-order valence-electron chi connectivity index (χ4n) is 10.5. The molecule has 1 aliphatic heterocycles. The third-order valence-electron chi connectivity index (χ3n) is 14.5. The molecule has 4 unspecified atom stereocenters. The van der Waals surface area contributed by atoms with Crippen molar-refractivity contribution in [3.05, 3.63) is 118 Å². The van der Waals surface area contributed by atoms with Crippen LogP contribution < -0.4 is 40.0 Å². The van der Waals surface area contributed by atoms with Crippen molar-refractivity contribution in [3.8, 4) is 0 Å². The minimum atomic E-state index is -0.952. The standard InChI is InChI=1S/C54H72N4O4/c1-7-11-27-55(28-12-8-2)43-23-25-45(37(5)35-43)49-51(59)47(52(49)60)39-15-19-41(20-16-39)57-31-33-58(34-32-57)42-21-17-40(18-22-42)48-53(61)50(54(48)62)46-26-24-44(36-38(46)6)56(29-13-9-3)30-14-10-4/h15-26,35-36,47-54H,7-14,27-34H2,1-6H3/q-4. The Hall–Kier alpha value is -4.08. The SMILES string of the molecule is CCCCN(CCCC)c1ccc(C2C([O-])C(c3ccc(N4CCN(c5ccc(C6C([O-])C(c7ccc(N(CCCC)CCCC)cc7C)C6[O-])cc5)CC4)cc3)C2[O-])c(C)c1. The second kappa shape index (κ2) is 21.1. The summed E-state index contributed by atoms with van der Waals surface area (Å²) in [5.41, 5.74) is 10.2. The first-order chi connectivity index (χ1) is 30.1. The van der Waals surface area contributed by atoms with Crippen molar-refractivity contribution < 1.29 is 20.4 Å². The van der Waals surface area contributed by atoms with Gasteiger partial charge in [0.2, 0.25) is 0 Å². The number of unbranched alkanes of at least 4 members (excludes halogenated alkanes) is 4. The highest BCUT2D eigenvalue weighted by Gasteiger charge is 2.40. The summed E-state index contributed by atoms with van der Waals surface area (Å²) in [5.74, 6) is -2.09. The van der Waals surface area contributed by atoms with Gasteiger partial charge >= 0.3 is 0 Å². The zero-order valence-electron chi connectivity index (χ0n) is 38.4. The average molecular weight is 841 g/mol. The molecule has 1 saturated heterocycles. The Labute approximate surface area is 373 Å². The van der Waals surface area contributed by atoms with Gasteiger partial charge in [0.15, 0.2) is 0 Å². The van der Waals surface area contributed by atoms with Crippen LogP contribution in [0.25, 0.3) is 0 Å². The van der Waals surface area contributed by atoms with E-state index >= 15 is 0 Å². The van der Waals surface area contributed by atoms with Crippen molar-refractivity contribution in [3.63, 3.8) is 0 Å². The molecule has 0 spiro atoms. The number of benzene rings is 4. The van der Waals surface area contributed by atoms with Crippen molar-refractivity contribution in [2.45, 2.75) is 141 Å². The van der Waals surface area contributed by atoms with Gasteiger partial charge in [-0.05, 0) is 145 Å². The van der Waals surface area contributed by atoms with Gasteiger partial charge in [-0.2, -0.15) is 0 Å². The largest absolute Gasteiger partial charge is 0.851 e. The molecule has 2 saturated carbocycles. The lowest BCUT2D eigenvalue weighted by Crippen LogP contribution is -2.63. The van der Waals surface area contributed by atoms with Gasteiger partial charge in [0.25, 0.3) is 0 Å². The van der Waals surface area contributed by atoms with Crippen molar-refractivity contribution in [2.24, 2.45) is 0 Å². The summed E-state index contributed by atoms with van der Waals surface area (Å²) in [4.78, 5) is 9.62. The maximum Gasteiger partial charge on any atom is 0.0369 e. The number of aryl methyl sites for hydroxylation is 2. The second-order valence-electron chi connectivity index (χ2n) is 18.6. The van der Waals surface area contributed by atoms with E-state index in [4.69, 9.17) is 0 Å². The third-order valence-corrected chi connectivity index (χ3v) is 14.5. The van der Waals surface area contributed by atoms with Crippen LogP contribution in [0, 0.1) is 13.8 Å². The molecule has 0 amide bonds. The van der Waals surface area contributed by atoms with Crippen LogP contribution in [-0.2, 0) is 0 Å². The molecule has 7 rings (SSSR count). The van der Waals surface area contributed by atoms with Gasteiger partial charge in [0, 0.05) is 75.1 Å². The van der Waals surface area contributed by atoms with Crippen molar-refractivity contribution in [2.75, 3.05) is 72.0 Å². The maximum atomic E-state index is 13.7. The van der Waals surface area contributed by atoms with Gasteiger partial charge in [0.05, 0.1) is 0 Å². The van der Waals surface area contributed by atoms with E-state index in [0.29, 0.717) is 0 Å². The van der Waals surface area contributed by atoms with E-state index in [1.807, 2.05) is 36.4 Å². The molecule has 4 atom stereocenters. The summed E-state index contributed by atoms with van der Waals surface area (Å²) in [6.45, 7) is 20.5. The normalized spacial score (nSPS) is 24.7. The highest BCUT2D eigenvalue weighted by molar-refractivity contribution is 5.57. The fourth-order valence-corrected chi connectivity index (χ4v) is 10.5. The zero-order valence-corrected chi connectivity index (χ0v) is 38.4. The predicted molar refractivity (Wildman–Crippen MR) is 250 cm³/mol. The molecule has 3 aliphatic rings. The topological polar surface area (TPSA) is 105 Å². The van der Waals surface area contributed by atoms with Crippen LogP contribution >= 0.6 is 0 Å². The zero-order chi connectivity index (χ0) is 43.9. The summed E-state index contributed by atoms with van der Waals surface area (Å²) in [7, 11) is 0. The van der Waals surface area contributed by atoms with Gasteiger partial charge < -0.3 is 40.0 Å². The van der Waals surface area contributed by atoms with E-state index in [1.165, 1.54) is 11.4 Å². The van der Waals surface area contributed by atoms with Crippen LogP contribution in [0.3, 0.4) is 0 Å². The van der Waals surface area contributed by atoms with Crippen LogP contribution in [0.4, 0.5) is 22.7 Å². The number of hydrogen-bond acceptors (Lipinski definition) is 8. The molecule has 0 bridgehead atoms. The van der Waals surface area contributed by atoms with Crippen molar-refractivity contribution >= 4 is 22.7 Å². The third kappa shape index (κ3) is 9.69. The molecule has 3 fully saturated rings. The molecule has 0 aromatic heterocycles. The summed E-state index contributed by atoms with van der Waals surface area (Å²) >= 11 is 0. The lowest BCUT2D eigenvalue weighted by atomic mass is 9.62. The van der Waals surface area contributed by atoms with Crippen molar-refractivity contribution in [1.29, 1.82) is 0 Å². The van der Waals surface area contributed by atoms with E-state index in [0.717, 1.165) is 148 Å². The highest BCUT2D eigenvalue weighted by Crippen LogP contribution is 2.48. The first-order valence-electron chi connectivity index (χ1n) is 24.1. The van der Waals surface area contributed by atoms with Gasteiger partial charge in [-0.15, -0.1) is 24.4 Å². The average Bonchev–Trinajstić information content (AvgIpc) is 3.28. The summed E-state index contributed by atoms with van der Waals surface area (Å²) < 4.78 is 0. The van der Waals surface area contributed by atoms with Crippen LogP contribution in [0.15, 0.2) is 84.9 Å². The minimum absolute atomic E-state index is 0.515. The molecule has 1 heterocycles. The molecule has 8 nitrogen and oxygen atoms in total. The maximum absolute atomic E-state index is 13.7. The van der Waals surface area contributed by atoms with Gasteiger partial charge in [-0.3, -0.25) is 0 Å². The Morgan fingerprint density at radius 3 is 1.02 bits per heavy atom. The van der Waals surface area contributed by atoms with E-state index < -0.39 is 48.1 Å². The first kappa shape index (κ1) is 45.9. The monoisotopic (exact) mass is 841 g/mol. The fraction of sp³-hybridized carbons (Fsp3) is 0.556. The van der Waals surface area contributed by atoms with E-state index in [-0.39, 0.29) is 0 Å². The number of piperazine rings is 1. The van der Waals surface area contributed by atoms with E-state index in [2.05, 4.69) is 110 Å². The quantitative estimate of drug-likeness (QED) is 0.0928. The minimum Gasteiger partial charge on any atom is -0.851 e. The number of anilines is 4. The van der Waals surface area contributed by atoms with Crippen molar-refractivity contribution in [1.82, 2.24) is 0 Å². The molecule has 336 valence electrons. The molecule has 0 radical (unpaired) electrons. The van der Waals surface area contributed by atoms with Gasteiger partial charge in [-0.25, -0.2) is 0 Å². The van der Waals surface area contributed by atoms with Gasteiger partial charge in [0.1, 0.15) is 0 Å². The predicted octanol–water partition coefficient (Wildman–Crippen LogP) is 7.12. The number of nitrogens with zero attached hydrogens (tertiary/aromatic N) is 4. The summed E-state index contributed by atoms with van der Waals surface area (Å²) in [6, 6.07) is 29.0. The molecule has 4 aromatic carbocycles. The van der Waals surface area contributed by atoms with Crippen LogP contribution in [0.1, 0.15) is 136 Å². The molecule has 0 N–H and O–H groups in total.